The van der Waals surface area contributed by atoms with Gasteiger partial charge >= 0.3 is 11.7 Å². The largest absolute Gasteiger partial charge is 0.481 e. The van der Waals surface area contributed by atoms with Crippen molar-refractivity contribution >= 4 is 17.5 Å². The summed E-state index contributed by atoms with van der Waals surface area (Å²) in [6, 6.07) is 1.87. The van der Waals surface area contributed by atoms with E-state index in [9.17, 15) is 20.0 Å². The Morgan fingerprint density at radius 1 is 1.57 bits per heavy atom. The third-order valence-corrected chi connectivity index (χ3v) is 3.66. The lowest BCUT2D eigenvalue weighted by Crippen LogP contribution is -2.47. The van der Waals surface area contributed by atoms with Gasteiger partial charge in [-0.15, -0.1) is 0 Å². The lowest BCUT2D eigenvalue weighted by atomic mass is 9.92. The van der Waals surface area contributed by atoms with Crippen LogP contribution < -0.4 is 9.64 Å². The smallest absolute Gasteiger partial charge is 0.326 e. The third kappa shape index (κ3) is 3.04. The lowest BCUT2D eigenvalue weighted by Gasteiger charge is -2.36. The number of methoxy groups -OCH3 is 1. The highest BCUT2D eigenvalue weighted by atomic mass is 16.6. The zero-order chi connectivity index (χ0) is 15.6. The average Bonchev–Trinajstić information content (AvgIpc) is 2.46. The topological polar surface area (TPSA) is 106 Å². The van der Waals surface area contributed by atoms with Crippen LogP contribution in [0.2, 0.25) is 0 Å². The van der Waals surface area contributed by atoms with Crippen molar-refractivity contribution in [2.45, 2.75) is 25.8 Å². The number of carbonyl (C=O) groups is 1. The monoisotopic (exact) mass is 295 g/mol. The molecule has 2 unspecified atom stereocenters. The molecule has 0 bridgehead atoms. The number of carboxylic acids is 1. The molecule has 1 aromatic heterocycles. The number of hydrogen-bond acceptors (Lipinski definition) is 6. The fraction of sp³-hybridized carbons (Fsp3) is 0.538. The van der Waals surface area contributed by atoms with Crippen LogP contribution in [0.1, 0.15) is 19.8 Å². The van der Waals surface area contributed by atoms with Gasteiger partial charge in [-0.2, -0.15) is 4.98 Å². The van der Waals surface area contributed by atoms with Crippen molar-refractivity contribution in [3.8, 4) is 5.88 Å². The first kappa shape index (κ1) is 15.0. The van der Waals surface area contributed by atoms with E-state index in [0.717, 1.165) is 6.42 Å². The molecule has 0 radical (unpaired) electrons. The Hall–Kier alpha value is -2.38. The van der Waals surface area contributed by atoms with Crippen LogP contribution in [0.4, 0.5) is 11.5 Å². The van der Waals surface area contributed by atoms with Crippen molar-refractivity contribution in [2.75, 3.05) is 18.6 Å². The molecular formula is C13H17N3O5. The van der Waals surface area contributed by atoms with Crippen LogP contribution in [0.5, 0.6) is 5.88 Å². The van der Waals surface area contributed by atoms with E-state index in [1.807, 2.05) is 6.92 Å². The molecule has 1 aromatic rings. The molecule has 1 aliphatic rings. The number of pyridine rings is 1. The van der Waals surface area contributed by atoms with Gasteiger partial charge in [-0.25, -0.2) is 4.79 Å². The summed E-state index contributed by atoms with van der Waals surface area (Å²) in [5.74, 6) is -0.468. The number of rotatable bonds is 4. The number of anilines is 1. The maximum atomic E-state index is 11.4. The molecule has 8 heteroatoms. The molecule has 0 aromatic carbocycles. The summed E-state index contributed by atoms with van der Waals surface area (Å²) in [6.07, 6.45) is 1.20. The van der Waals surface area contributed by atoms with Gasteiger partial charge in [0.25, 0.3) is 0 Å². The Kier molecular flexibility index (Phi) is 4.25. The molecule has 1 saturated heterocycles. The van der Waals surface area contributed by atoms with Gasteiger partial charge in [-0.1, -0.05) is 6.92 Å². The molecule has 2 rings (SSSR count). The Balaban J connectivity index is 2.46. The van der Waals surface area contributed by atoms with Crippen molar-refractivity contribution in [1.29, 1.82) is 0 Å². The quantitative estimate of drug-likeness (QED) is 0.665. The SMILES string of the molecule is COc1ccc([N+](=O)[O-])c(N2CCC(C)CC2C(=O)O)n1. The van der Waals surface area contributed by atoms with Gasteiger partial charge in [0.05, 0.1) is 12.0 Å². The Bertz CT molecular complexity index is 563. The van der Waals surface area contributed by atoms with E-state index in [0.29, 0.717) is 13.0 Å². The molecule has 114 valence electrons. The van der Waals surface area contributed by atoms with Crippen LogP contribution in [0, 0.1) is 16.0 Å². The summed E-state index contributed by atoms with van der Waals surface area (Å²) >= 11 is 0. The first-order valence-electron chi connectivity index (χ1n) is 6.63. The fourth-order valence-electron chi connectivity index (χ4n) is 2.52. The number of aromatic nitrogens is 1. The van der Waals surface area contributed by atoms with E-state index in [1.54, 1.807) is 0 Å². The molecule has 8 nitrogen and oxygen atoms in total. The van der Waals surface area contributed by atoms with Crippen molar-refractivity contribution in [3.05, 3.63) is 22.2 Å². The molecule has 1 N–H and O–H groups in total. The highest BCUT2D eigenvalue weighted by Gasteiger charge is 2.36. The van der Waals surface area contributed by atoms with Gasteiger partial charge in [0.1, 0.15) is 6.04 Å². The minimum atomic E-state index is -1.000. The molecule has 0 aliphatic carbocycles. The predicted octanol–water partition coefficient (Wildman–Crippen LogP) is 1.69. The molecular weight excluding hydrogens is 278 g/mol. The molecule has 2 atom stereocenters. The summed E-state index contributed by atoms with van der Waals surface area (Å²) in [6.45, 7) is 2.39. The molecule has 0 amide bonds. The second-order valence-electron chi connectivity index (χ2n) is 5.13. The van der Waals surface area contributed by atoms with Gasteiger partial charge in [-0.3, -0.25) is 10.1 Å². The zero-order valence-corrected chi connectivity index (χ0v) is 11.9. The van der Waals surface area contributed by atoms with E-state index in [1.165, 1.54) is 24.1 Å². The maximum absolute atomic E-state index is 11.4. The first-order chi connectivity index (χ1) is 9.93. The van der Waals surface area contributed by atoms with Gasteiger partial charge in [-0.05, 0) is 18.8 Å². The number of aliphatic carboxylic acids is 1. The minimum Gasteiger partial charge on any atom is -0.481 e. The first-order valence-corrected chi connectivity index (χ1v) is 6.63. The van der Waals surface area contributed by atoms with Crippen LogP contribution >= 0.6 is 0 Å². The predicted molar refractivity (Wildman–Crippen MR) is 74.6 cm³/mol. The molecule has 21 heavy (non-hydrogen) atoms. The summed E-state index contributed by atoms with van der Waals surface area (Å²) in [7, 11) is 1.41. The minimum absolute atomic E-state index is 0.0543. The highest BCUT2D eigenvalue weighted by Crippen LogP contribution is 2.34. The molecule has 1 aliphatic heterocycles. The van der Waals surface area contributed by atoms with E-state index >= 15 is 0 Å². The van der Waals surface area contributed by atoms with Crippen molar-refractivity contribution < 1.29 is 19.6 Å². The summed E-state index contributed by atoms with van der Waals surface area (Å²) in [5, 5.41) is 20.5. The normalized spacial score (nSPS) is 21.9. The Labute approximate surface area is 121 Å². The number of nitro groups is 1. The van der Waals surface area contributed by atoms with E-state index in [-0.39, 0.29) is 23.3 Å². The number of ether oxygens (including phenoxy) is 1. The molecule has 0 spiro atoms. The Morgan fingerprint density at radius 2 is 2.29 bits per heavy atom. The lowest BCUT2D eigenvalue weighted by molar-refractivity contribution is -0.384. The van der Waals surface area contributed by atoms with Gasteiger partial charge in [0, 0.05) is 18.7 Å². The van der Waals surface area contributed by atoms with E-state index < -0.39 is 16.9 Å². The zero-order valence-electron chi connectivity index (χ0n) is 11.9. The number of carboxylic acid groups (broad SMARTS) is 1. The molecule has 0 saturated carbocycles. The summed E-state index contributed by atoms with van der Waals surface area (Å²) in [5.41, 5.74) is -0.211. The number of nitrogens with zero attached hydrogens (tertiary/aromatic N) is 3. The van der Waals surface area contributed by atoms with Crippen molar-refractivity contribution in [2.24, 2.45) is 5.92 Å². The third-order valence-electron chi connectivity index (χ3n) is 3.66. The average molecular weight is 295 g/mol. The van der Waals surface area contributed by atoms with Crippen molar-refractivity contribution in [3.63, 3.8) is 0 Å². The van der Waals surface area contributed by atoms with Crippen LogP contribution in [0.3, 0.4) is 0 Å². The standard InChI is InChI=1S/C13H17N3O5/c1-8-5-6-15(10(7-8)13(17)18)12-9(16(19)20)3-4-11(14-12)21-2/h3-4,8,10H,5-7H2,1-2H3,(H,17,18). The fourth-order valence-corrected chi connectivity index (χ4v) is 2.52. The van der Waals surface area contributed by atoms with Gasteiger partial charge in [0.2, 0.25) is 11.7 Å². The summed E-state index contributed by atoms with van der Waals surface area (Å²) in [4.78, 5) is 27.6. The van der Waals surface area contributed by atoms with Crippen molar-refractivity contribution in [1.82, 2.24) is 4.98 Å². The molecule has 1 fully saturated rings. The number of hydrogen-bond donors (Lipinski definition) is 1. The maximum Gasteiger partial charge on any atom is 0.326 e. The van der Waals surface area contributed by atoms with Crippen LogP contribution in [-0.2, 0) is 4.79 Å². The summed E-state index contributed by atoms with van der Waals surface area (Å²) < 4.78 is 4.99. The molecule has 2 heterocycles. The van der Waals surface area contributed by atoms with E-state index in [4.69, 9.17) is 4.74 Å². The number of piperidine rings is 1. The highest BCUT2D eigenvalue weighted by molar-refractivity contribution is 5.79. The van der Waals surface area contributed by atoms with Crippen LogP contribution in [-0.4, -0.2) is 40.7 Å². The van der Waals surface area contributed by atoms with Crippen LogP contribution in [0.15, 0.2) is 12.1 Å². The van der Waals surface area contributed by atoms with E-state index in [2.05, 4.69) is 4.98 Å². The Morgan fingerprint density at radius 3 is 2.86 bits per heavy atom. The van der Waals surface area contributed by atoms with Gasteiger partial charge in [0.15, 0.2) is 0 Å². The van der Waals surface area contributed by atoms with Crippen LogP contribution in [0.25, 0.3) is 0 Å². The second-order valence-corrected chi connectivity index (χ2v) is 5.13. The van der Waals surface area contributed by atoms with Gasteiger partial charge < -0.3 is 14.7 Å². The second kappa shape index (κ2) is 5.94.